The van der Waals surface area contributed by atoms with Crippen molar-refractivity contribution in [2.45, 2.75) is 18.6 Å². The summed E-state index contributed by atoms with van der Waals surface area (Å²) in [7, 11) is 0. The van der Waals surface area contributed by atoms with Crippen molar-refractivity contribution in [1.29, 1.82) is 0 Å². The second-order valence-electron chi connectivity index (χ2n) is 3.90. The molecule has 1 aromatic carbocycles. The molecule has 5 nitrogen and oxygen atoms in total. The van der Waals surface area contributed by atoms with Gasteiger partial charge in [0, 0.05) is 6.92 Å². The Labute approximate surface area is 115 Å². The zero-order valence-corrected chi connectivity index (χ0v) is 11.2. The fourth-order valence-electron chi connectivity index (χ4n) is 1.57. The van der Waals surface area contributed by atoms with E-state index < -0.39 is 6.29 Å². The number of thioether (sulfide) groups is 1. The molecule has 0 unspecified atom stereocenters. The summed E-state index contributed by atoms with van der Waals surface area (Å²) >= 11 is 1.45. The molecule has 0 amide bonds. The van der Waals surface area contributed by atoms with Gasteiger partial charge in [-0.05, 0) is 12.1 Å². The molecular formula is C13H14O5S. The summed E-state index contributed by atoms with van der Waals surface area (Å²) in [5.41, 5.74) is 0.207. The summed E-state index contributed by atoms with van der Waals surface area (Å²) in [4.78, 5) is 22.4. The predicted molar refractivity (Wildman–Crippen MR) is 69.6 cm³/mol. The highest BCUT2D eigenvalue weighted by Crippen LogP contribution is 2.26. The van der Waals surface area contributed by atoms with Gasteiger partial charge in [-0.15, -0.1) is 11.8 Å². The second-order valence-corrected chi connectivity index (χ2v) is 5.09. The Bertz CT molecular complexity index is 448. The van der Waals surface area contributed by atoms with Crippen molar-refractivity contribution in [1.82, 2.24) is 0 Å². The SMILES string of the molecule is CC(=O)O[C@@H]1CS[C@H](COC(=O)c2ccccc2)O1. The molecule has 19 heavy (non-hydrogen) atoms. The molecule has 0 bridgehead atoms. The highest BCUT2D eigenvalue weighted by molar-refractivity contribution is 8.00. The van der Waals surface area contributed by atoms with Gasteiger partial charge in [0.15, 0.2) is 0 Å². The first-order chi connectivity index (χ1) is 9.15. The summed E-state index contributed by atoms with van der Waals surface area (Å²) in [5, 5.41) is 0. The minimum Gasteiger partial charge on any atom is -0.458 e. The number of carbonyl (C=O) groups excluding carboxylic acids is 2. The Morgan fingerprint density at radius 1 is 1.37 bits per heavy atom. The molecule has 0 saturated carbocycles. The molecule has 0 spiro atoms. The van der Waals surface area contributed by atoms with Crippen LogP contribution in [0.15, 0.2) is 30.3 Å². The lowest BCUT2D eigenvalue weighted by Gasteiger charge is -2.12. The Kier molecular flexibility index (Phi) is 4.81. The van der Waals surface area contributed by atoms with Gasteiger partial charge >= 0.3 is 11.9 Å². The third-order valence-electron chi connectivity index (χ3n) is 2.38. The maximum atomic E-state index is 11.7. The lowest BCUT2D eigenvalue weighted by atomic mass is 10.2. The van der Waals surface area contributed by atoms with Crippen molar-refractivity contribution in [3.8, 4) is 0 Å². The van der Waals surface area contributed by atoms with Crippen molar-refractivity contribution in [2.75, 3.05) is 12.4 Å². The summed E-state index contributed by atoms with van der Waals surface area (Å²) in [5.74, 6) is -0.221. The van der Waals surface area contributed by atoms with Crippen LogP contribution in [0.25, 0.3) is 0 Å². The van der Waals surface area contributed by atoms with Gasteiger partial charge in [0.1, 0.15) is 12.0 Å². The van der Waals surface area contributed by atoms with E-state index in [2.05, 4.69) is 0 Å². The maximum absolute atomic E-state index is 11.7. The van der Waals surface area contributed by atoms with Gasteiger partial charge < -0.3 is 14.2 Å². The van der Waals surface area contributed by atoms with Crippen molar-refractivity contribution in [2.24, 2.45) is 0 Å². The van der Waals surface area contributed by atoms with E-state index in [1.54, 1.807) is 24.3 Å². The molecule has 1 heterocycles. The minimum absolute atomic E-state index is 0.135. The molecule has 1 aromatic rings. The van der Waals surface area contributed by atoms with Crippen LogP contribution in [0, 0.1) is 0 Å². The average molecular weight is 282 g/mol. The topological polar surface area (TPSA) is 61.8 Å². The Morgan fingerprint density at radius 2 is 2.11 bits per heavy atom. The molecule has 1 aliphatic rings. The number of ether oxygens (including phenoxy) is 3. The smallest absolute Gasteiger partial charge is 0.338 e. The van der Waals surface area contributed by atoms with Crippen molar-refractivity contribution < 1.29 is 23.8 Å². The summed E-state index contributed by atoms with van der Waals surface area (Å²) in [6.07, 6.45) is -0.553. The van der Waals surface area contributed by atoms with Gasteiger partial charge in [-0.3, -0.25) is 4.79 Å². The van der Waals surface area contributed by atoms with Crippen LogP contribution in [-0.4, -0.2) is 36.0 Å². The van der Waals surface area contributed by atoms with E-state index in [9.17, 15) is 9.59 Å². The zero-order chi connectivity index (χ0) is 13.7. The predicted octanol–water partition coefficient (Wildman–Crippen LogP) is 1.82. The van der Waals surface area contributed by atoms with Crippen LogP contribution in [0.3, 0.4) is 0 Å². The molecule has 0 aliphatic carbocycles. The van der Waals surface area contributed by atoms with Crippen LogP contribution in [0.1, 0.15) is 17.3 Å². The van der Waals surface area contributed by atoms with E-state index in [0.29, 0.717) is 11.3 Å². The van der Waals surface area contributed by atoms with E-state index in [4.69, 9.17) is 14.2 Å². The van der Waals surface area contributed by atoms with Crippen LogP contribution in [0.4, 0.5) is 0 Å². The van der Waals surface area contributed by atoms with E-state index in [0.717, 1.165) is 0 Å². The van der Waals surface area contributed by atoms with Crippen LogP contribution in [0.5, 0.6) is 0 Å². The number of hydrogen-bond acceptors (Lipinski definition) is 6. The van der Waals surface area contributed by atoms with E-state index in [1.807, 2.05) is 6.07 Å². The van der Waals surface area contributed by atoms with E-state index >= 15 is 0 Å². The number of benzene rings is 1. The first-order valence-corrected chi connectivity index (χ1v) is 6.86. The highest BCUT2D eigenvalue weighted by Gasteiger charge is 2.29. The third-order valence-corrected chi connectivity index (χ3v) is 3.46. The van der Waals surface area contributed by atoms with Crippen LogP contribution in [0.2, 0.25) is 0 Å². The number of esters is 2. The minimum atomic E-state index is -0.553. The summed E-state index contributed by atoms with van der Waals surface area (Å²) in [6.45, 7) is 1.47. The first-order valence-electron chi connectivity index (χ1n) is 5.81. The Hall–Kier alpha value is -1.53. The number of hydrogen-bond donors (Lipinski definition) is 0. The molecule has 2 rings (SSSR count). The molecule has 6 heteroatoms. The number of rotatable bonds is 4. The molecule has 0 N–H and O–H groups in total. The lowest BCUT2D eigenvalue weighted by molar-refractivity contribution is -0.172. The lowest BCUT2D eigenvalue weighted by Crippen LogP contribution is -2.22. The maximum Gasteiger partial charge on any atom is 0.338 e. The van der Waals surface area contributed by atoms with Crippen LogP contribution < -0.4 is 0 Å². The molecule has 0 radical (unpaired) electrons. The molecule has 2 atom stereocenters. The highest BCUT2D eigenvalue weighted by atomic mass is 32.2. The molecule has 0 aromatic heterocycles. The van der Waals surface area contributed by atoms with Crippen molar-refractivity contribution >= 4 is 23.7 Å². The van der Waals surface area contributed by atoms with Gasteiger partial charge in [-0.25, -0.2) is 4.79 Å². The summed E-state index contributed by atoms with van der Waals surface area (Å²) < 4.78 is 15.5. The molecule has 1 aliphatic heterocycles. The van der Waals surface area contributed by atoms with Gasteiger partial charge in [-0.1, -0.05) is 18.2 Å². The fourth-order valence-corrected chi connectivity index (χ4v) is 2.45. The molecule has 102 valence electrons. The second kappa shape index (κ2) is 6.58. The Morgan fingerprint density at radius 3 is 2.79 bits per heavy atom. The van der Waals surface area contributed by atoms with Crippen LogP contribution in [-0.2, 0) is 19.0 Å². The summed E-state index contributed by atoms with van der Waals surface area (Å²) in [6, 6.07) is 8.75. The zero-order valence-electron chi connectivity index (χ0n) is 10.4. The normalized spacial score (nSPS) is 21.9. The molecule has 1 saturated heterocycles. The van der Waals surface area contributed by atoms with Crippen molar-refractivity contribution in [3.63, 3.8) is 0 Å². The first kappa shape index (κ1) is 13.9. The van der Waals surface area contributed by atoms with Gasteiger partial charge in [0.2, 0.25) is 6.29 Å². The largest absolute Gasteiger partial charge is 0.458 e. The van der Waals surface area contributed by atoms with Gasteiger partial charge in [0.25, 0.3) is 0 Å². The van der Waals surface area contributed by atoms with E-state index in [1.165, 1.54) is 18.7 Å². The van der Waals surface area contributed by atoms with Crippen molar-refractivity contribution in [3.05, 3.63) is 35.9 Å². The quantitative estimate of drug-likeness (QED) is 0.785. The van der Waals surface area contributed by atoms with Gasteiger partial charge in [-0.2, -0.15) is 0 Å². The van der Waals surface area contributed by atoms with Crippen LogP contribution >= 0.6 is 11.8 Å². The molecular weight excluding hydrogens is 268 g/mol. The number of carbonyl (C=O) groups is 2. The fraction of sp³-hybridized carbons (Fsp3) is 0.385. The monoisotopic (exact) mass is 282 g/mol. The third kappa shape index (κ3) is 4.25. The molecule has 1 fully saturated rings. The van der Waals surface area contributed by atoms with Gasteiger partial charge in [0.05, 0.1) is 11.3 Å². The average Bonchev–Trinajstić information content (AvgIpc) is 2.84. The Balaban J connectivity index is 1.75. The van der Waals surface area contributed by atoms with E-state index in [-0.39, 0.29) is 24.0 Å². The standard InChI is InChI=1S/C13H14O5S/c1-9(14)17-11-8-19-12(18-11)7-16-13(15)10-5-3-2-4-6-10/h2-6,11-12H,7-8H2,1H3/t11-,12+/m0/s1.